The Morgan fingerprint density at radius 2 is 1.80 bits per heavy atom. The second-order valence-electron chi connectivity index (χ2n) is 10.4. The van der Waals surface area contributed by atoms with Crippen LogP contribution in [0.2, 0.25) is 0 Å². The summed E-state index contributed by atoms with van der Waals surface area (Å²) < 4.78 is 37.5. The molecule has 4 heterocycles. The number of fused-ring (bicyclic) bond motifs is 1. The normalized spacial score (nSPS) is 15.4. The molecule has 0 spiro atoms. The lowest BCUT2D eigenvalue weighted by molar-refractivity contribution is -0.159. The van der Waals surface area contributed by atoms with Crippen molar-refractivity contribution in [3.63, 3.8) is 0 Å². The van der Waals surface area contributed by atoms with Crippen LogP contribution in [-0.2, 0) is 9.53 Å². The first-order chi connectivity index (χ1) is 19.6. The number of imidazole rings is 1. The predicted molar refractivity (Wildman–Crippen MR) is 152 cm³/mol. The van der Waals surface area contributed by atoms with E-state index in [2.05, 4.69) is 42.0 Å². The van der Waals surface area contributed by atoms with Crippen molar-refractivity contribution in [3.05, 3.63) is 59.7 Å². The van der Waals surface area contributed by atoms with Gasteiger partial charge < -0.3 is 19.5 Å². The second kappa shape index (κ2) is 11.8. The van der Waals surface area contributed by atoms with E-state index in [9.17, 15) is 9.18 Å². The third-order valence-corrected chi connectivity index (χ3v) is 7.23. The molecule has 0 aliphatic carbocycles. The number of ether oxygens (including phenoxy) is 1. The summed E-state index contributed by atoms with van der Waals surface area (Å²) in [5.74, 6) is -0.420. The smallest absolute Gasteiger partial charge is 0.304 e. The molecule has 216 valence electrons. The Morgan fingerprint density at radius 1 is 1.05 bits per heavy atom. The Morgan fingerprint density at radius 3 is 2.44 bits per heavy atom. The van der Waals surface area contributed by atoms with Gasteiger partial charge in [-0.3, -0.25) is 9.69 Å². The summed E-state index contributed by atoms with van der Waals surface area (Å²) in [5.41, 5.74) is 1.76. The van der Waals surface area contributed by atoms with Gasteiger partial charge in [0.25, 0.3) is 0 Å². The van der Waals surface area contributed by atoms with E-state index < -0.39 is 17.9 Å². The first-order valence-electron chi connectivity index (χ1n) is 13.7. The van der Waals surface area contributed by atoms with Crippen LogP contribution < -0.4 is 5.32 Å². The number of carbonyl (C=O) groups excluding carboxylic acids is 1. The van der Waals surface area contributed by atoms with E-state index in [1.54, 1.807) is 18.3 Å². The molecule has 1 N–H and O–H groups in total. The van der Waals surface area contributed by atoms with E-state index >= 15 is 4.39 Å². The first-order valence-corrected chi connectivity index (χ1v) is 13.7. The molecule has 1 aliphatic heterocycles. The molecule has 1 aliphatic rings. The average Bonchev–Trinajstić information content (AvgIpc) is 3.30. The Kier molecular flexibility index (Phi) is 8.22. The zero-order valence-electron chi connectivity index (χ0n) is 23.9. The van der Waals surface area contributed by atoms with Crippen LogP contribution in [0.1, 0.15) is 51.4 Å². The number of anilines is 2. The number of benzene rings is 1. The summed E-state index contributed by atoms with van der Waals surface area (Å²) >= 11 is 0. The number of carbonyl (C=O) groups is 1. The fraction of sp³-hybridized carbons (Fsp3) is 0.414. The molecule has 5 rings (SSSR count). The molecule has 1 aromatic carbocycles. The van der Waals surface area contributed by atoms with Gasteiger partial charge in [0.1, 0.15) is 22.9 Å². The molecule has 1 unspecified atom stereocenters. The fourth-order valence-corrected chi connectivity index (χ4v) is 5.25. The summed E-state index contributed by atoms with van der Waals surface area (Å²) in [6.07, 6.45) is 2.12. The van der Waals surface area contributed by atoms with Crippen molar-refractivity contribution in [2.75, 3.05) is 38.0 Å². The van der Waals surface area contributed by atoms with Crippen LogP contribution >= 0.6 is 0 Å². The van der Waals surface area contributed by atoms with Crippen LogP contribution in [0, 0.1) is 18.6 Å². The van der Waals surface area contributed by atoms with Crippen molar-refractivity contribution < 1.29 is 18.3 Å². The van der Waals surface area contributed by atoms with Gasteiger partial charge in [0, 0.05) is 56.5 Å². The van der Waals surface area contributed by atoms with Crippen molar-refractivity contribution in [1.82, 2.24) is 34.3 Å². The van der Waals surface area contributed by atoms with E-state index in [4.69, 9.17) is 4.74 Å². The average molecular weight is 565 g/mol. The lowest BCUT2D eigenvalue weighted by Gasteiger charge is -2.38. The van der Waals surface area contributed by atoms with E-state index in [0.29, 0.717) is 17.2 Å². The number of hydrogen-bond donors (Lipinski definition) is 1. The number of pyridine rings is 1. The van der Waals surface area contributed by atoms with Crippen LogP contribution in [0.15, 0.2) is 36.7 Å². The molecule has 0 radical (unpaired) electrons. The van der Waals surface area contributed by atoms with Gasteiger partial charge in [-0.1, -0.05) is 6.92 Å². The third kappa shape index (κ3) is 6.03. The van der Waals surface area contributed by atoms with Crippen molar-refractivity contribution in [2.24, 2.45) is 0 Å². The lowest BCUT2D eigenvalue weighted by atomic mass is 10.1. The molecule has 1 fully saturated rings. The van der Waals surface area contributed by atoms with Gasteiger partial charge in [0.15, 0.2) is 17.9 Å². The SMILES string of the molecule is CCN1CCN(C(OC(C)=O)c2ccc(Nc3ncc(F)c(-c4cc(F)c5nc(C)n(C(C)C)c5c4)n3)nc2)CC1. The minimum atomic E-state index is -0.683. The van der Waals surface area contributed by atoms with Crippen LogP contribution in [0.3, 0.4) is 0 Å². The van der Waals surface area contributed by atoms with E-state index in [1.165, 1.54) is 13.0 Å². The van der Waals surface area contributed by atoms with Gasteiger partial charge >= 0.3 is 5.97 Å². The number of halogens is 2. The standard InChI is InChI=1S/C29H34F2N8O2/c1-6-37-9-11-38(12-10-37)28(41-19(5)40)20-7-8-25(32-15-20)35-29-33-16-23(31)26(36-29)21-13-22(30)27-24(14-21)39(17(2)3)18(4)34-27/h7-8,13-17,28H,6,9-12H2,1-5H3,(H,32,33,35,36). The minimum absolute atomic E-state index is 0.0394. The molecular weight excluding hydrogens is 530 g/mol. The maximum Gasteiger partial charge on any atom is 0.304 e. The van der Waals surface area contributed by atoms with Crippen molar-refractivity contribution >= 4 is 28.8 Å². The number of aryl methyl sites for hydroxylation is 1. The molecule has 1 atom stereocenters. The van der Waals surface area contributed by atoms with Gasteiger partial charge in [0.2, 0.25) is 5.95 Å². The van der Waals surface area contributed by atoms with E-state index in [0.717, 1.165) is 44.5 Å². The third-order valence-electron chi connectivity index (χ3n) is 7.23. The van der Waals surface area contributed by atoms with Gasteiger partial charge in [-0.25, -0.2) is 28.7 Å². The molecule has 41 heavy (non-hydrogen) atoms. The summed E-state index contributed by atoms with van der Waals surface area (Å²) in [6.45, 7) is 13.6. The molecule has 12 heteroatoms. The maximum absolute atomic E-state index is 15.0. The van der Waals surface area contributed by atoms with E-state index in [1.807, 2.05) is 31.4 Å². The van der Waals surface area contributed by atoms with Crippen LogP contribution in [-0.4, -0.2) is 73.0 Å². The molecule has 0 saturated carbocycles. The van der Waals surface area contributed by atoms with Gasteiger partial charge in [-0.2, -0.15) is 0 Å². The quantitative estimate of drug-likeness (QED) is 0.296. The summed E-state index contributed by atoms with van der Waals surface area (Å²) in [4.78, 5) is 33.5. The second-order valence-corrected chi connectivity index (χ2v) is 10.4. The molecule has 10 nitrogen and oxygen atoms in total. The van der Waals surface area contributed by atoms with Crippen LogP contribution in [0.5, 0.6) is 0 Å². The number of hydrogen-bond acceptors (Lipinski definition) is 9. The monoisotopic (exact) mass is 564 g/mol. The highest BCUT2D eigenvalue weighted by Gasteiger charge is 2.27. The Labute approximate surface area is 237 Å². The van der Waals surface area contributed by atoms with E-state index in [-0.39, 0.29) is 34.7 Å². The highest BCUT2D eigenvalue weighted by atomic mass is 19.1. The number of rotatable bonds is 8. The first kappa shape index (κ1) is 28.5. The zero-order chi connectivity index (χ0) is 29.3. The van der Waals surface area contributed by atoms with Crippen LogP contribution in [0.4, 0.5) is 20.5 Å². The molecular formula is C29H34F2N8O2. The number of nitrogens with zero attached hydrogens (tertiary/aromatic N) is 7. The molecule has 1 saturated heterocycles. The topological polar surface area (TPSA) is 101 Å². The van der Waals surface area contributed by atoms with Crippen molar-refractivity contribution in [3.8, 4) is 11.3 Å². The molecule has 0 amide bonds. The van der Waals surface area contributed by atoms with Crippen molar-refractivity contribution in [2.45, 2.75) is 46.9 Å². The zero-order valence-corrected chi connectivity index (χ0v) is 23.9. The van der Waals surface area contributed by atoms with Gasteiger partial charge in [-0.15, -0.1) is 0 Å². The fourth-order valence-electron chi connectivity index (χ4n) is 5.25. The number of likely N-dealkylation sites (N-methyl/N-ethyl adjacent to an activating group) is 1. The van der Waals surface area contributed by atoms with Gasteiger partial charge in [-0.05, 0) is 51.6 Å². The lowest BCUT2D eigenvalue weighted by Crippen LogP contribution is -2.48. The highest BCUT2D eigenvalue weighted by Crippen LogP contribution is 2.31. The largest absolute Gasteiger partial charge is 0.442 e. The number of piperazine rings is 1. The molecule has 4 aromatic rings. The van der Waals surface area contributed by atoms with Gasteiger partial charge in [0.05, 0.1) is 11.7 Å². The molecule has 0 bridgehead atoms. The minimum Gasteiger partial charge on any atom is -0.442 e. The summed E-state index contributed by atoms with van der Waals surface area (Å²) in [6, 6.07) is 6.50. The Balaban J connectivity index is 1.39. The summed E-state index contributed by atoms with van der Waals surface area (Å²) in [7, 11) is 0. The predicted octanol–water partition coefficient (Wildman–Crippen LogP) is 5.00. The molecule has 3 aromatic heterocycles. The van der Waals surface area contributed by atoms with Crippen molar-refractivity contribution in [1.29, 1.82) is 0 Å². The number of aromatic nitrogens is 5. The number of esters is 1. The summed E-state index contributed by atoms with van der Waals surface area (Å²) in [5, 5.41) is 2.99. The maximum atomic E-state index is 15.0. The Bertz CT molecular complexity index is 1550. The number of nitrogens with one attached hydrogen (secondary N) is 1. The van der Waals surface area contributed by atoms with Crippen LogP contribution in [0.25, 0.3) is 22.3 Å². The highest BCUT2D eigenvalue weighted by molar-refractivity contribution is 5.83. The Hall–Kier alpha value is -4.03.